The molecule has 1 unspecified atom stereocenters. The Morgan fingerprint density at radius 3 is 2.75 bits per heavy atom. The number of hydrogen-bond donors (Lipinski definition) is 3. The van der Waals surface area contributed by atoms with Crippen LogP contribution in [0.25, 0.3) is 0 Å². The van der Waals surface area contributed by atoms with E-state index in [0.29, 0.717) is 18.7 Å². The fraction of sp³-hybridized carbons (Fsp3) is 0.429. The van der Waals surface area contributed by atoms with Crippen LogP contribution in [0.5, 0.6) is 0 Å². The van der Waals surface area contributed by atoms with Crippen LogP contribution < -0.4 is 16.4 Å². The number of hydrogen-bond acceptors (Lipinski definition) is 4. The zero-order valence-electron chi connectivity index (χ0n) is 11.8. The molecule has 0 bridgehead atoms. The van der Waals surface area contributed by atoms with Gasteiger partial charge < -0.3 is 21.1 Å². The molecule has 1 atom stereocenters. The van der Waals surface area contributed by atoms with Crippen molar-refractivity contribution in [3.8, 4) is 0 Å². The number of rotatable bonds is 7. The fourth-order valence-electron chi connectivity index (χ4n) is 1.66. The van der Waals surface area contributed by atoms with E-state index >= 15 is 0 Å². The van der Waals surface area contributed by atoms with Crippen LogP contribution in [-0.2, 0) is 16.1 Å². The van der Waals surface area contributed by atoms with Gasteiger partial charge in [0.05, 0.1) is 6.61 Å². The van der Waals surface area contributed by atoms with E-state index in [1.807, 2.05) is 13.0 Å². The van der Waals surface area contributed by atoms with E-state index in [2.05, 4.69) is 10.6 Å². The first kappa shape index (κ1) is 16.1. The number of nitrogens with one attached hydrogen (secondary N) is 2. The Bertz CT molecular complexity index is 463. The molecule has 0 heterocycles. The Hall–Kier alpha value is -1.92. The van der Waals surface area contributed by atoms with Crippen LogP contribution in [0.3, 0.4) is 0 Å². The summed E-state index contributed by atoms with van der Waals surface area (Å²) in [5, 5.41) is 5.43. The van der Waals surface area contributed by atoms with Crippen LogP contribution in [0.1, 0.15) is 22.8 Å². The molecular weight excluding hydrogens is 258 g/mol. The maximum Gasteiger partial charge on any atom is 0.251 e. The average molecular weight is 279 g/mol. The molecule has 1 aromatic rings. The highest BCUT2D eigenvalue weighted by molar-refractivity contribution is 5.94. The zero-order chi connectivity index (χ0) is 15.0. The molecule has 0 aromatic heterocycles. The summed E-state index contributed by atoms with van der Waals surface area (Å²) in [6, 6.07) is 6.40. The van der Waals surface area contributed by atoms with Gasteiger partial charge in [0.15, 0.2) is 0 Å². The van der Waals surface area contributed by atoms with Gasteiger partial charge in [-0.15, -0.1) is 0 Å². The van der Waals surface area contributed by atoms with E-state index in [1.165, 1.54) is 7.11 Å². The monoisotopic (exact) mass is 279 g/mol. The van der Waals surface area contributed by atoms with Crippen molar-refractivity contribution in [3.63, 3.8) is 0 Å². The van der Waals surface area contributed by atoms with Gasteiger partial charge in [-0.1, -0.05) is 12.1 Å². The van der Waals surface area contributed by atoms with Gasteiger partial charge >= 0.3 is 0 Å². The largest absolute Gasteiger partial charge is 0.383 e. The van der Waals surface area contributed by atoms with Gasteiger partial charge in [-0.25, -0.2) is 0 Å². The predicted molar refractivity (Wildman–Crippen MR) is 76.1 cm³/mol. The third-order valence-electron chi connectivity index (χ3n) is 2.68. The standard InChI is InChI=1S/C14H21N3O3/c1-3-16-13(18)11-6-4-5-10(7-11)8-17-14(19)12(15)9-20-2/h4-7,12H,3,8-9,15H2,1-2H3,(H,16,18)(H,17,19). The van der Waals surface area contributed by atoms with Crippen LogP contribution in [0, 0.1) is 0 Å². The molecule has 0 radical (unpaired) electrons. The van der Waals surface area contributed by atoms with E-state index in [1.54, 1.807) is 18.2 Å². The second-order valence-corrected chi connectivity index (χ2v) is 4.34. The Kier molecular flexibility index (Phi) is 6.69. The summed E-state index contributed by atoms with van der Waals surface area (Å²) in [6.45, 7) is 2.93. The van der Waals surface area contributed by atoms with Crippen molar-refractivity contribution in [2.24, 2.45) is 5.73 Å². The van der Waals surface area contributed by atoms with Crippen molar-refractivity contribution in [2.75, 3.05) is 20.3 Å². The predicted octanol–water partition coefficient (Wildman–Crippen LogP) is 0.0262. The number of benzene rings is 1. The molecule has 1 aromatic carbocycles. The summed E-state index contributed by atoms with van der Waals surface area (Å²) in [5.41, 5.74) is 7.02. The summed E-state index contributed by atoms with van der Waals surface area (Å²) in [6.07, 6.45) is 0. The first-order valence-electron chi connectivity index (χ1n) is 6.47. The number of ether oxygens (including phenoxy) is 1. The molecule has 6 heteroatoms. The number of amides is 2. The molecule has 0 aliphatic rings. The van der Waals surface area contributed by atoms with E-state index in [9.17, 15) is 9.59 Å². The molecule has 0 saturated heterocycles. The Morgan fingerprint density at radius 2 is 2.10 bits per heavy atom. The lowest BCUT2D eigenvalue weighted by molar-refractivity contribution is -0.123. The SMILES string of the molecule is CCNC(=O)c1cccc(CNC(=O)C(N)COC)c1. The number of nitrogens with two attached hydrogens (primary N) is 1. The smallest absolute Gasteiger partial charge is 0.251 e. The van der Waals surface area contributed by atoms with Gasteiger partial charge in [-0.2, -0.15) is 0 Å². The molecule has 0 aliphatic carbocycles. The maximum atomic E-state index is 11.7. The number of methoxy groups -OCH3 is 1. The highest BCUT2D eigenvalue weighted by Gasteiger charge is 2.12. The summed E-state index contributed by atoms with van der Waals surface area (Å²) < 4.78 is 4.82. The average Bonchev–Trinajstić information content (AvgIpc) is 2.45. The molecule has 0 spiro atoms. The molecule has 110 valence electrons. The lowest BCUT2D eigenvalue weighted by atomic mass is 10.1. The highest BCUT2D eigenvalue weighted by atomic mass is 16.5. The van der Waals surface area contributed by atoms with Crippen LogP contribution in [0.4, 0.5) is 0 Å². The van der Waals surface area contributed by atoms with E-state index in [-0.39, 0.29) is 18.4 Å². The molecule has 20 heavy (non-hydrogen) atoms. The third-order valence-corrected chi connectivity index (χ3v) is 2.68. The molecular formula is C14H21N3O3. The third kappa shape index (κ3) is 4.99. The molecule has 0 saturated carbocycles. The van der Waals surface area contributed by atoms with Crippen molar-refractivity contribution in [1.82, 2.24) is 10.6 Å². The minimum Gasteiger partial charge on any atom is -0.383 e. The topological polar surface area (TPSA) is 93.5 Å². The van der Waals surface area contributed by atoms with Crippen molar-refractivity contribution in [1.29, 1.82) is 0 Å². The Morgan fingerprint density at radius 1 is 1.35 bits per heavy atom. The summed E-state index contributed by atoms with van der Waals surface area (Å²) in [4.78, 5) is 23.3. The lowest BCUT2D eigenvalue weighted by Gasteiger charge is -2.11. The van der Waals surface area contributed by atoms with Gasteiger partial charge in [-0.3, -0.25) is 9.59 Å². The zero-order valence-corrected chi connectivity index (χ0v) is 11.8. The van der Waals surface area contributed by atoms with E-state index < -0.39 is 6.04 Å². The summed E-state index contributed by atoms with van der Waals surface area (Å²) in [7, 11) is 1.49. The maximum absolute atomic E-state index is 11.7. The minimum absolute atomic E-state index is 0.128. The van der Waals surface area contributed by atoms with E-state index in [4.69, 9.17) is 10.5 Å². The van der Waals surface area contributed by atoms with Crippen LogP contribution in [0.15, 0.2) is 24.3 Å². The van der Waals surface area contributed by atoms with Gasteiger partial charge in [0, 0.05) is 25.8 Å². The molecule has 0 aliphatic heterocycles. The molecule has 1 rings (SSSR count). The molecule has 6 nitrogen and oxygen atoms in total. The van der Waals surface area contributed by atoms with Crippen LogP contribution in [0.2, 0.25) is 0 Å². The number of carbonyl (C=O) groups is 2. The Labute approximate surface area is 118 Å². The highest BCUT2D eigenvalue weighted by Crippen LogP contribution is 2.05. The number of carbonyl (C=O) groups excluding carboxylic acids is 2. The normalized spacial score (nSPS) is 11.8. The second kappa shape index (κ2) is 8.29. The lowest BCUT2D eigenvalue weighted by Crippen LogP contribution is -2.43. The molecule has 0 fully saturated rings. The van der Waals surface area contributed by atoms with Crippen LogP contribution >= 0.6 is 0 Å². The van der Waals surface area contributed by atoms with Gasteiger partial charge in [0.1, 0.15) is 6.04 Å². The molecule has 2 amide bonds. The van der Waals surface area contributed by atoms with E-state index in [0.717, 1.165) is 5.56 Å². The Balaban J connectivity index is 2.58. The van der Waals surface area contributed by atoms with Gasteiger partial charge in [0.25, 0.3) is 5.91 Å². The van der Waals surface area contributed by atoms with Crippen molar-refractivity contribution < 1.29 is 14.3 Å². The van der Waals surface area contributed by atoms with Gasteiger partial charge in [-0.05, 0) is 24.6 Å². The van der Waals surface area contributed by atoms with Crippen LogP contribution in [-0.4, -0.2) is 38.1 Å². The van der Waals surface area contributed by atoms with Crippen molar-refractivity contribution in [2.45, 2.75) is 19.5 Å². The minimum atomic E-state index is -0.688. The first-order valence-corrected chi connectivity index (χ1v) is 6.47. The first-order chi connectivity index (χ1) is 9.58. The fourth-order valence-corrected chi connectivity index (χ4v) is 1.66. The summed E-state index contributed by atoms with van der Waals surface area (Å²) in [5.74, 6) is -0.410. The van der Waals surface area contributed by atoms with Crippen molar-refractivity contribution in [3.05, 3.63) is 35.4 Å². The van der Waals surface area contributed by atoms with Gasteiger partial charge in [0.2, 0.25) is 5.91 Å². The summed E-state index contributed by atoms with van der Waals surface area (Å²) >= 11 is 0. The van der Waals surface area contributed by atoms with Crippen molar-refractivity contribution >= 4 is 11.8 Å². The second-order valence-electron chi connectivity index (χ2n) is 4.34. The quantitative estimate of drug-likeness (QED) is 0.656. The molecule has 4 N–H and O–H groups in total.